The molecular formula is C8H11BrN2O2. The summed E-state index contributed by atoms with van der Waals surface area (Å²) in [6.07, 6.45) is 3.18. The number of rotatable bonds is 3. The highest BCUT2D eigenvalue weighted by Gasteiger charge is 2.25. The van der Waals surface area contributed by atoms with E-state index in [2.05, 4.69) is 25.9 Å². The molecule has 1 aromatic heterocycles. The second-order valence-electron chi connectivity index (χ2n) is 2.93. The van der Waals surface area contributed by atoms with E-state index < -0.39 is 5.60 Å². The van der Waals surface area contributed by atoms with Crippen molar-refractivity contribution in [2.75, 3.05) is 13.7 Å². The van der Waals surface area contributed by atoms with E-state index in [4.69, 9.17) is 4.74 Å². The maximum atomic E-state index is 9.81. The lowest BCUT2D eigenvalue weighted by Gasteiger charge is -2.19. The van der Waals surface area contributed by atoms with Gasteiger partial charge in [-0.25, -0.2) is 9.97 Å². The summed E-state index contributed by atoms with van der Waals surface area (Å²) >= 11 is 3.21. The molecule has 0 aromatic carbocycles. The Hall–Kier alpha value is -0.520. The first-order valence-electron chi connectivity index (χ1n) is 3.75. The van der Waals surface area contributed by atoms with Crippen LogP contribution in [-0.2, 0) is 10.3 Å². The summed E-state index contributed by atoms with van der Waals surface area (Å²) < 4.78 is 5.63. The fraction of sp³-hybridized carbons (Fsp3) is 0.500. The average molecular weight is 247 g/mol. The first-order chi connectivity index (χ1) is 6.06. The zero-order valence-corrected chi connectivity index (χ0v) is 9.08. The number of methoxy groups -OCH3 is 1. The van der Waals surface area contributed by atoms with Gasteiger partial charge in [0.25, 0.3) is 0 Å². The van der Waals surface area contributed by atoms with E-state index in [1.807, 2.05) is 0 Å². The molecule has 1 aromatic rings. The highest BCUT2D eigenvalue weighted by Crippen LogP contribution is 2.17. The second kappa shape index (κ2) is 4.13. The molecule has 1 unspecified atom stereocenters. The van der Waals surface area contributed by atoms with Gasteiger partial charge in [-0.05, 0) is 22.9 Å². The summed E-state index contributed by atoms with van der Waals surface area (Å²) in [4.78, 5) is 7.96. The van der Waals surface area contributed by atoms with Crippen molar-refractivity contribution in [1.29, 1.82) is 0 Å². The molecule has 0 aliphatic heterocycles. The third kappa shape index (κ3) is 2.72. The zero-order chi connectivity index (χ0) is 9.90. The van der Waals surface area contributed by atoms with Crippen LogP contribution < -0.4 is 0 Å². The minimum Gasteiger partial charge on any atom is -0.381 e. The molecule has 1 heterocycles. The van der Waals surface area contributed by atoms with E-state index in [0.29, 0.717) is 5.82 Å². The van der Waals surface area contributed by atoms with E-state index >= 15 is 0 Å². The van der Waals surface area contributed by atoms with Crippen molar-refractivity contribution in [3.63, 3.8) is 0 Å². The SMILES string of the molecule is COCC(C)(O)c1ncc(Br)cn1. The van der Waals surface area contributed by atoms with Gasteiger partial charge in [0.1, 0.15) is 5.60 Å². The average Bonchev–Trinajstić information content (AvgIpc) is 2.05. The summed E-state index contributed by atoms with van der Waals surface area (Å²) in [6, 6.07) is 0. The van der Waals surface area contributed by atoms with Crippen molar-refractivity contribution in [3.8, 4) is 0 Å². The van der Waals surface area contributed by atoms with Crippen LogP contribution in [0.25, 0.3) is 0 Å². The molecule has 0 amide bonds. The van der Waals surface area contributed by atoms with Gasteiger partial charge < -0.3 is 9.84 Å². The largest absolute Gasteiger partial charge is 0.381 e. The normalized spacial score (nSPS) is 15.4. The van der Waals surface area contributed by atoms with Gasteiger partial charge >= 0.3 is 0 Å². The lowest BCUT2D eigenvalue weighted by molar-refractivity contribution is -0.0274. The molecule has 13 heavy (non-hydrogen) atoms. The van der Waals surface area contributed by atoms with E-state index in [0.717, 1.165) is 4.47 Å². The first-order valence-corrected chi connectivity index (χ1v) is 4.55. The molecule has 1 rings (SSSR count). The molecule has 5 heteroatoms. The molecule has 0 aliphatic rings. The van der Waals surface area contributed by atoms with Crippen LogP contribution in [0.15, 0.2) is 16.9 Å². The third-order valence-corrected chi connectivity index (χ3v) is 1.94. The summed E-state index contributed by atoms with van der Waals surface area (Å²) in [7, 11) is 1.52. The van der Waals surface area contributed by atoms with Gasteiger partial charge in [-0.2, -0.15) is 0 Å². The zero-order valence-electron chi connectivity index (χ0n) is 7.49. The molecule has 0 bridgehead atoms. The van der Waals surface area contributed by atoms with Crippen LogP contribution in [-0.4, -0.2) is 28.8 Å². The minimum atomic E-state index is -1.13. The summed E-state index contributed by atoms with van der Waals surface area (Å²) in [6.45, 7) is 1.79. The lowest BCUT2D eigenvalue weighted by atomic mass is 10.1. The fourth-order valence-corrected chi connectivity index (χ4v) is 1.14. The maximum absolute atomic E-state index is 9.81. The molecule has 0 saturated heterocycles. The molecule has 1 atom stereocenters. The Morgan fingerprint density at radius 1 is 1.54 bits per heavy atom. The first kappa shape index (κ1) is 10.6. The molecule has 0 spiro atoms. The molecule has 0 radical (unpaired) electrons. The summed E-state index contributed by atoms with van der Waals surface area (Å²) in [5, 5.41) is 9.81. The van der Waals surface area contributed by atoms with E-state index in [1.54, 1.807) is 19.3 Å². The number of aromatic nitrogens is 2. The van der Waals surface area contributed by atoms with Crippen LogP contribution in [0, 0.1) is 0 Å². The van der Waals surface area contributed by atoms with Crippen LogP contribution >= 0.6 is 15.9 Å². The van der Waals surface area contributed by atoms with Crippen LogP contribution in [0.1, 0.15) is 12.7 Å². The van der Waals surface area contributed by atoms with Crippen molar-refractivity contribution < 1.29 is 9.84 Å². The van der Waals surface area contributed by atoms with Crippen molar-refractivity contribution in [3.05, 3.63) is 22.7 Å². The van der Waals surface area contributed by atoms with Gasteiger partial charge in [0, 0.05) is 19.5 Å². The van der Waals surface area contributed by atoms with Gasteiger partial charge in [0.2, 0.25) is 0 Å². The van der Waals surface area contributed by atoms with Crippen molar-refractivity contribution in [2.24, 2.45) is 0 Å². The molecule has 1 N–H and O–H groups in total. The monoisotopic (exact) mass is 246 g/mol. The number of hydrogen-bond donors (Lipinski definition) is 1. The summed E-state index contributed by atoms with van der Waals surface area (Å²) in [5.41, 5.74) is -1.13. The van der Waals surface area contributed by atoms with Crippen LogP contribution in [0.2, 0.25) is 0 Å². The molecule has 72 valence electrons. The Balaban J connectivity index is 2.87. The molecule has 4 nitrogen and oxygen atoms in total. The molecule has 0 saturated carbocycles. The van der Waals surface area contributed by atoms with Gasteiger partial charge in [0.15, 0.2) is 5.82 Å². The standard InChI is InChI=1S/C8H11BrN2O2/c1-8(12,5-13-2)7-10-3-6(9)4-11-7/h3-4,12H,5H2,1-2H3. The van der Waals surface area contributed by atoms with Crippen LogP contribution in [0.5, 0.6) is 0 Å². The fourth-order valence-electron chi connectivity index (χ4n) is 0.936. The number of hydrogen-bond acceptors (Lipinski definition) is 4. The van der Waals surface area contributed by atoms with Crippen molar-refractivity contribution in [1.82, 2.24) is 9.97 Å². The van der Waals surface area contributed by atoms with E-state index in [1.165, 1.54) is 7.11 Å². The molecule has 0 aliphatic carbocycles. The van der Waals surface area contributed by atoms with Crippen LogP contribution in [0.3, 0.4) is 0 Å². The lowest BCUT2D eigenvalue weighted by Crippen LogP contribution is -2.29. The van der Waals surface area contributed by atoms with Gasteiger partial charge in [-0.1, -0.05) is 0 Å². The highest BCUT2D eigenvalue weighted by atomic mass is 79.9. The van der Waals surface area contributed by atoms with Gasteiger partial charge in [-0.15, -0.1) is 0 Å². The van der Waals surface area contributed by atoms with Crippen molar-refractivity contribution in [2.45, 2.75) is 12.5 Å². The predicted octanol–water partition coefficient (Wildman–Crippen LogP) is 1.09. The Labute approximate surface area is 85.1 Å². The topological polar surface area (TPSA) is 55.2 Å². The van der Waals surface area contributed by atoms with Gasteiger partial charge in [0.05, 0.1) is 11.1 Å². The summed E-state index contributed by atoms with van der Waals surface area (Å²) in [5.74, 6) is 0.359. The number of aliphatic hydroxyl groups is 1. The molecular weight excluding hydrogens is 236 g/mol. The van der Waals surface area contributed by atoms with E-state index in [-0.39, 0.29) is 6.61 Å². The smallest absolute Gasteiger partial charge is 0.162 e. The van der Waals surface area contributed by atoms with Crippen LogP contribution in [0.4, 0.5) is 0 Å². The van der Waals surface area contributed by atoms with Crippen molar-refractivity contribution >= 4 is 15.9 Å². The Kier molecular flexibility index (Phi) is 3.35. The second-order valence-corrected chi connectivity index (χ2v) is 3.85. The third-order valence-electron chi connectivity index (χ3n) is 1.53. The van der Waals surface area contributed by atoms with Gasteiger partial charge in [-0.3, -0.25) is 0 Å². The highest BCUT2D eigenvalue weighted by molar-refractivity contribution is 9.10. The number of ether oxygens (including phenoxy) is 1. The maximum Gasteiger partial charge on any atom is 0.162 e. The number of nitrogens with zero attached hydrogens (tertiary/aromatic N) is 2. The Morgan fingerprint density at radius 2 is 2.08 bits per heavy atom. The quantitative estimate of drug-likeness (QED) is 0.868. The Morgan fingerprint density at radius 3 is 2.54 bits per heavy atom. The molecule has 0 fully saturated rings. The predicted molar refractivity (Wildman–Crippen MR) is 51.2 cm³/mol. The van der Waals surface area contributed by atoms with E-state index in [9.17, 15) is 5.11 Å². The number of halogens is 1. The Bertz CT molecular complexity index is 274. The minimum absolute atomic E-state index is 0.175.